The van der Waals surface area contributed by atoms with Crippen molar-refractivity contribution < 1.29 is 19.4 Å². The van der Waals surface area contributed by atoms with Gasteiger partial charge < -0.3 is 14.6 Å². The molecule has 0 saturated carbocycles. The number of fused-ring (bicyclic) bond motifs is 1. The SMILES string of the molecule is COc1cc2ncncc2cc1O[C@@H]1CC(C(=O)O)N(C)C1. The van der Waals surface area contributed by atoms with Crippen molar-refractivity contribution in [3.8, 4) is 11.5 Å². The van der Waals surface area contributed by atoms with Crippen LogP contribution in [0.1, 0.15) is 6.42 Å². The highest BCUT2D eigenvalue weighted by molar-refractivity contribution is 5.81. The van der Waals surface area contributed by atoms with Gasteiger partial charge in [0.15, 0.2) is 11.5 Å². The van der Waals surface area contributed by atoms with Crippen molar-refractivity contribution in [2.24, 2.45) is 0 Å². The third-order valence-electron chi connectivity index (χ3n) is 3.88. The number of carboxylic acids is 1. The Morgan fingerprint density at radius 3 is 2.91 bits per heavy atom. The van der Waals surface area contributed by atoms with Crippen molar-refractivity contribution in [2.75, 3.05) is 20.7 Å². The summed E-state index contributed by atoms with van der Waals surface area (Å²) in [6.07, 6.45) is 3.43. The van der Waals surface area contributed by atoms with Gasteiger partial charge in [0.1, 0.15) is 18.5 Å². The number of carboxylic acid groups (broad SMARTS) is 1. The van der Waals surface area contributed by atoms with Crippen LogP contribution in [0, 0.1) is 0 Å². The van der Waals surface area contributed by atoms with E-state index in [9.17, 15) is 9.90 Å². The lowest BCUT2D eigenvalue weighted by Gasteiger charge is -2.16. The van der Waals surface area contributed by atoms with Gasteiger partial charge in [-0.2, -0.15) is 0 Å². The lowest BCUT2D eigenvalue weighted by atomic mass is 10.2. The predicted octanol–water partition coefficient (Wildman–Crippen LogP) is 1.17. The van der Waals surface area contributed by atoms with Gasteiger partial charge in [0.05, 0.1) is 12.6 Å². The molecule has 0 bridgehead atoms. The smallest absolute Gasteiger partial charge is 0.321 e. The molecule has 22 heavy (non-hydrogen) atoms. The summed E-state index contributed by atoms with van der Waals surface area (Å²) in [7, 11) is 3.35. The molecule has 7 nitrogen and oxygen atoms in total. The number of nitrogens with zero attached hydrogens (tertiary/aromatic N) is 3. The van der Waals surface area contributed by atoms with Crippen molar-refractivity contribution in [2.45, 2.75) is 18.6 Å². The maximum absolute atomic E-state index is 11.2. The number of aliphatic carboxylic acids is 1. The molecular weight excluding hydrogens is 286 g/mol. The number of aromatic nitrogens is 2. The number of hydrogen-bond donors (Lipinski definition) is 1. The Kier molecular flexibility index (Phi) is 3.81. The van der Waals surface area contributed by atoms with Gasteiger partial charge >= 0.3 is 5.97 Å². The fourth-order valence-corrected chi connectivity index (χ4v) is 2.75. The Labute approximate surface area is 127 Å². The maximum atomic E-state index is 11.2. The van der Waals surface area contributed by atoms with E-state index in [-0.39, 0.29) is 6.10 Å². The summed E-state index contributed by atoms with van der Waals surface area (Å²) in [6.45, 7) is 0.559. The summed E-state index contributed by atoms with van der Waals surface area (Å²) in [5, 5.41) is 10.0. The number of methoxy groups -OCH3 is 1. The molecule has 0 aliphatic carbocycles. The first-order valence-corrected chi connectivity index (χ1v) is 6.96. The minimum absolute atomic E-state index is 0.193. The van der Waals surface area contributed by atoms with Crippen LogP contribution in [0.4, 0.5) is 0 Å². The molecule has 0 radical (unpaired) electrons. The molecule has 1 aromatic carbocycles. The van der Waals surface area contributed by atoms with Gasteiger partial charge in [-0.3, -0.25) is 9.69 Å². The van der Waals surface area contributed by atoms with E-state index in [0.29, 0.717) is 24.5 Å². The predicted molar refractivity (Wildman–Crippen MR) is 79.2 cm³/mol. The van der Waals surface area contributed by atoms with Gasteiger partial charge in [-0.1, -0.05) is 0 Å². The zero-order valence-electron chi connectivity index (χ0n) is 12.4. The molecular formula is C15H17N3O4. The second-order valence-corrected chi connectivity index (χ2v) is 5.35. The Morgan fingerprint density at radius 2 is 2.23 bits per heavy atom. The van der Waals surface area contributed by atoms with E-state index in [1.807, 2.05) is 6.07 Å². The standard InChI is InChI=1S/C15H17N3O4/c1-18-7-10(4-12(18)15(19)20)22-14-3-9-6-16-8-17-11(9)5-13(14)21-2/h3,5-6,8,10,12H,4,7H2,1-2H3,(H,19,20)/t10-,12?/m1/s1. The lowest BCUT2D eigenvalue weighted by Crippen LogP contribution is -2.32. The first-order chi connectivity index (χ1) is 10.6. The summed E-state index contributed by atoms with van der Waals surface area (Å²) in [4.78, 5) is 21.1. The second kappa shape index (κ2) is 5.76. The van der Waals surface area contributed by atoms with E-state index >= 15 is 0 Å². The van der Waals surface area contributed by atoms with Crippen molar-refractivity contribution in [3.05, 3.63) is 24.7 Å². The van der Waals surface area contributed by atoms with Crippen LogP contribution >= 0.6 is 0 Å². The van der Waals surface area contributed by atoms with Crippen LogP contribution in [0.25, 0.3) is 10.9 Å². The van der Waals surface area contributed by atoms with E-state index in [2.05, 4.69) is 9.97 Å². The first kappa shape index (κ1) is 14.5. The zero-order valence-corrected chi connectivity index (χ0v) is 12.4. The van der Waals surface area contributed by atoms with Crippen LogP contribution in [-0.4, -0.2) is 58.8 Å². The lowest BCUT2D eigenvalue weighted by molar-refractivity contribution is -0.141. The average Bonchev–Trinajstić information content (AvgIpc) is 2.87. The topological polar surface area (TPSA) is 84.8 Å². The van der Waals surface area contributed by atoms with Gasteiger partial charge in [0, 0.05) is 30.6 Å². The van der Waals surface area contributed by atoms with Gasteiger partial charge in [-0.25, -0.2) is 9.97 Å². The molecule has 3 rings (SSSR count). The van der Waals surface area contributed by atoms with Gasteiger partial charge in [-0.05, 0) is 13.1 Å². The van der Waals surface area contributed by atoms with Crippen LogP contribution in [0.2, 0.25) is 0 Å². The molecule has 116 valence electrons. The molecule has 2 atom stereocenters. The number of hydrogen-bond acceptors (Lipinski definition) is 6. The van der Waals surface area contributed by atoms with E-state index in [0.717, 1.165) is 10.9 Å². The van der Waals surface area contributed by atoms with E-state index in [4.69, 9.17) is 9.47 Å². The van der Waals surface area contributed by atoms with Gasteiger partial charge in [0.25, 0.3) is 0 Å². The third-order valence-corrected chi connectivity index (χ3v) is 3.88. The van der Waals surface area contributed by atoms with E-state index in [1.165, 1.54) is 6.33 Å². The van der Waals surface area contributed by atoms with Crippen molar-refractivity contribution in [1.82, 2.24) is 14.9 Å². The van der Waals surface area contributed by atoms with Crippen LogP contribution in [0.15, 0.2) is 24.7 Å². The summed E-state index contributed by atoms with van der Waals surface area (Å²) >= 11 is 0. The molecule has 1 saturated heterocycles. The first-order valence-electron chi connectivity index (χ1n) is 6.96. The average molecular weight is 303 g/mol. The molecule has 1 aliphatic rings. The monoisotopic (exact) mass is 303 g/mol. The Bertz CT molecular complexity index is 706. The van der Waals surface area contributed by atoms with Crippen LogP contribution in [0.3, 0.4) is 0 Å². The highest BCUT2D eigenvalue weighted by atomic mass is 16.5. The molecule has 0 spiro atoms. The minimum Gasteiger partial charge on any atom is -0.493 e. The highest BCUT2D eigenvalue weighted by Crippen LogP contribution is 2.33. The van der Waals surface area contributed by atoms with Gasteiger partial charge in [0.2, 0.25) is 0 Å². The number of ether oxygens (including phenoxy) is 2. The number of likely N-dealkylation sites (tertiary alicyclic amines) is 1. The second-order valence-electron chi connectivity index (χ2n) is 5.35. The third kappa shape index (κ3) is 2.67. The Hall–Kier alpha value is -2.41. The summed E-state index contributed by atoms with van der Waals surface area (Å²) in [5.41, 5.74) is 0.770. The number of rotatable bonds is 4. The van der Waals surface area contributed by atoms with E-state index < -0.39 is 12.0 Å². The normalized spacial score (nSPS) is 21.9. The summed E-state index contributed by atoms with van der Waals surface area (Å²) in [5.74, 6) is 0.328. The molecule has 1 aliphatic heterocycles. The van der Waals surface area contributed by atoms with Crippen LogP contribution < -0.4 is 9.47 Å². The highest BCUT2D eigenvalue weighted by Gasteiger charge is 2.36. The van der Waals surface area contributed by atoms with Crippen molar-refractivity contribution >= 4 is 16.9 Å². The van der Waals surface area contributed by atoms with Gasteiger partial charge in [-0.15, -0.1) is 0 Å². The van der Waals surface area contributed by atoms with Crippen molar-refractivity contribution in [1.29, 1.82) is 0 Å². The maximum Gasteiger partial charge on any atom is 0.321 e. The molecule has 1 unspecified atom stereocenters. The Balaban J connectivity index is 1.86. The summed E-state index contributed by atoms with van der Waals surface area (Å²) < 4.78 is 11.3. The fourth-order valence-electron chi connectivity index (χ4n) is 2.75. The van der Waals surface area contributed by atoms with E-state index in [1.54, 1.807) is 31.3 Å². The molecule has 0 amide bonds. The molecule has 1 fully saturated rings. The largest absolute Gasteiger partial charge is 0.493 e. The number of benzene rings is 1. The molecule has 1 N–H and O–H groups in total. The Morgan fingerprint density at radius 1 is 1.41 bits per heavy atom. The molecule has 2 aromatic rings. The van der Waals surface area contributed by atoms with Crippen molar-refractivity contribution in [3.63, 3.8) is 0 Å². The number of carbonyl (C=O) groups is 1. The molecule has 2 heterocycles. The fraction of sp³-hybridized carbons (Fsp3) is 0.400. The van der Waals surface area contributed by atoms with Crippen LogP contribution in [0.5, 0.6) is 11.5 Å². The molecule has 1 aromatic heterocycles. The summed E-state index contributed by atoms with van der Waals surface area (Å²) in [6, 6.07) is 3.10. The zero-order chi connectivity index (χ0) is 15.7. The molecule has 7 heteroatoms. The number of likely N-dealkylation sites (N-methyl/N-ethyl adjacent to an activating group) is 1. The minimum atomic E-state index is -0.826. The quantitative estimate of drug-likeness (QED) is 0.907. The van der Waals surface area contributed by atoms with Crippen LogP contribution in [-0.2, 0) is 4.79 Å².